The highest BCUT2D eigenvalue weighted by Crippen LogP contribution is 2.36. The first kappa shape index (κ1) is 19.7. The van der Waals surface area contributed by atoms with Crippen molar-refractivity contribution >= 4 is 5.57 Å². The van der Waals surface area contributed by atoms with Crippen molar-refractivity contribution in [3.63, 3.8) is 0 Å². The maximum Gasteiger partial charge on any atom is 0.422 e. The van der Waals surface area contributed by atoms with Gasteiger partial charge >= 0.3 is 6.18 Å². The summed E-state index contributed by atoms with van der Waals surface area (Å²) in [7, 11) is 0. The van der Waals surface area contributed by atoms with Gasteiger partial charge in [0.2, 0.25) is 5.82 Å². The molecule has 0 bridgehead atoms. The molecule has 1 unspecified atom stereocenters. The predicted octanol–water partition coefficient (Wildman–Crippen LogP) is 6.67. The third kappa shape index (κ3) is 5.72. The summed E-state index contributed by atoms with van der Waals surface area (Å²) in [6.45, 7) is 0.503. The van der Waals surface area contributed by atoms with Gasteiger partial charge < -0.3 is 4.74 Å². The molecule has 0 amide bonds. The zero-order chi connectivity index (χ0) is 18.4. The Morgan fingerprint density at radius 2 is 1.88 bits per heavy atom. The van der Waals surface area contributed by atoms with Crippen LogP contribution in [0.2, 0.25) is 0 Å². The van der Waals surface area contributed by atoms with Crippen molar-refractivity contribution in [3.05, 3.63) is 35.4 Å². The lowest BCUT2D eigenvalue weighted by atomic mass is 9.83. The predicted molar refractivity (Wildman–Crippen MR) is 87.4 cm³/mol. The smallest absolute Gasteiger partial charge is 0.422 e. The lowest BCUT2D eigenvalue weighted by Gasteiger charge is -2.22. The van der Waals surface area contributed by atoms with E-state index in [2.05, 4.69) is 11.7 Å². The van der Waals surface area contributed by atoms with E-state index in [1.165, 1.54) is 25.3 Å². The highest BCUT2D eigenvalue weighted by Gasteiger charge is 2.29. The van der Waals surface area contributed by atoms with Crippen molar-refractivity contribution in [1.29, 1.82) is 0 Å². The summed E-state index contributed by atoms with van der Waals surface area (Å²) in [6, 6.07) is 2.36. The second kappa shape index (κ2) is 8.68. The lowest BCUT2D eigenvalue weighted by Crippen LogP contribution is -2.20. The van der Waals surface area contributed by atoms with Gasteiger partial charge in [-0.1, -0.05) is 38.7 Å². The lowest BCUT2D eigenvalue weighted by molar-refractivity contribution is -0.153. The first-order valence-electron chi connectivity index (χ1n) is 8.68. The van der Waals surface area contributed by atoms with E-state index in [4.69, 9.17) is 0 Å². The van der Waals surface area contributed by atoms with Crippen molar-refractivity contribution in [3.8, 4) is 5.75 Å². The Morgan fingerprint density at radius 3 is 2.48 bits per heavy atom. The molecule has 0 saturated carbocycles. The molecule has 0 heterocycles. The van der Waals surface area contributed by atoms with Crippen LogP contribution in [0, 0.1) is 17.6 Å². The normalized spacial score (nSPS) is 18.2. The van der Waals surface area contributed by atoms with Gasteiger partial charge in [0.05, 0.1) is 0 Å². The molecule has 0 spiro atoms. The number of rotatable bonds is 7. The average Bonchev–Trinajstić information content (AvgIpc) is 2.56. The Bertz CT molecular complexity index is 607. The van der Waals surface area contributed by atoms with Crippen LogP contribution >= 0.6 is 0 Å². The van der Waals surface area contributed by atoms with Crippen LogP contribution in [0.1, 0.15) is 57.4 Å². The van der Waals surface area contributed by atoms with Crippen LogP contribution in [0.25, 0.3) is 5.57 Å². The zero-order valence-corrected chi connectivity index (χ0v) is 14.3. The monoisotopic (exact) mass is 362 g/mol. The van der Waals surface area contributed by atoms with E-state index in [9.17, 15) is 22.0 Å². The summed E-state index contributed by atoms with van der Waals surface area (Å²) in [5.74, 6) is -2.66. The van der Waals surface area contributed by atoms with E-state index in [1.807, 2.05) is 6.08 Å². The Labute approximate surface area is 144 Å². The van der Waals surface area contributed by atoms with Crippen LogP contribution in [0.4, 0.5) is 22.0 Å². The minimum atomic E-state index is -4.60. The molecular formula is C19H23F5O. The average molecular weight is 362 g/mol. The molecule has 1 aromatic carbocycles. The van der Waals surface area contributed by atoms with Crippen molar-refractivity contribution < 1.29 is 26.7 Å². The van der Waals surface area contributed by atoms with E-state index in [1.54, 1.807) is 0 Å². The highest BCUT2D eigenvalue weighted by molar-refractivity contribution is 5.67. The van der Waals surface area contributed by atoms with E-state index in [-0.39, 0.29) is 5.56 Å². The number of unbranched alkanes of at least 4 members (excludes halogenated alkanes) is 2. The van der Waals surface area contributed by atoms with E-state index >= 15 is 0 Å². The molecule has 0 N–H and O–H groups in total. The molecule has 0 saturated heterocycles. The van der Waals surface area contributed by atoms with Gasteiger partial charge in [0.15, 0.2) is 18.2 Å². The Morgan fingerprint density at radius 1 is 1.12 bits per heavy atom. The van der Waals surface area contributed by atoms with Crippen LogP contribution in [0.3, 0.4) is 0 Å². The summed E-state index contributed by atoms with van der Waals surface area (Å²) in [5.41, 5.74) is 0.828. The maximum absolute atomic E-state index is 14.2. The van der Waals surface area contributed by atoms with E-state index < -0.39 is 30.2 Å². The molecular weight excluding hydrogens is 339 g/mol. The Hall–Kier alpha value is -1.59. The molecule has 1 aliphatic rings. The molecule has 25 heavy (non-hydrogen) atoms. The second-order valence-electron chi connectivity index (χ2n) is 6.51. The molecule has 140 valence electrons. The summed E-state index contributed by atoms with van der Waals surface area (Å²) < 4.78 is 69.0. The van der Waals surface area contributed by atoms with Crippen molar-refractivity contribution in [2.45, 2.75) is 58.0 Å². The molecule has 0 radical (unpaired) electrons. The van der Waals surface area contributed by atoms with Gasteiger partial charge in [-0.05, 0) is 42.9 Å². The van der Waals surface area contributed by atoms with Gasteiger partial charge in [-0.25, -0.2) is 4.39 Å². The first-order valence-corrected chi connectivity index (χ1v) is 8.68. The molecule has 1 aliphatic carbocycles. The van der Waals surface area contributed by atoms with Crippen molar-refractivity contribution in [2.75, 3.05) is 6.61 Å². The molecule has 6 heteroatoms. The quantitative estimate of drug-likeness (QED) is 0.389. The van der Waals surface area contributed by atoms with Gasteiger partial charge in [-0.2, -0.15) is 17.6 Å². The number of hydrogen-bond donors (Lipinski definition) is 0. The Balaban J connectivity index is 2.04. The van der Waals surface area contributed by atoms with Crippen molar-refractivity contribution in [2.24, 2.45) is 5.92 Å². The second-order valence-corrected chi connectivity index (χ2v) is 6.51. The molecule has 2 rings (SSSR count). The first-order chi connectivity index (χ1) is 11.8. The van der Waals surface area contributed by atoms with E-state index in [0.717, 1.165) is 25.3 Å². The highest BCUT2D eigenvalue weighted by atomic mass is 19.4. The van der Waals surface area contributed by atoms with Gasteiger partial charge in [0.25, 0.3) is 0 Å². The fourth-order valence-electron chi connectivity index (χ4n) is 3.13. The fraction of sp³-hybridized carbons (Fsp3) is 0.579. The van der Waals surface area contributed by atoms with Crippen LogP contribution in [0.15, 0.2) is 18.2 Å². The SMILES string of the molecule is CCCCCC1CC=C(c2ccc(OCC(F)(F)F)c(F)c2F)CC1. The Kier molecular flexibility index (Phi) is 6.85. The maximum atomic E-state index is 14.2. The number of allylic oxidation sites excluding steroid dienone is 2. The van der Waals surface area contributed by atoms with Crippen LogP contribution in [0.5, 0.6) is 5.75 Å². The standard InChI is InChI=1S/C19H23F5O/c1-2-3-4-5-13-6-8-14(9-7-13)15-10-11-16(18(21)17(15)20)25-12-19(22,23)24/h8,10-11,13H,2-7,9,12H2,1H3. The molecule has 0 fully saturated rings. The molecule has 0 aromatic heterocycles. The number of benzene rings is 1. The molecule has 1 aromatic rings. The molecule has 1 nitrogen and oxygen atoms in total. The third-order valence-electron chi connectivity index (χ3n) is 4.52. The minimum Gasteiger partial charge on any atom is -0.481 e. The number of hydrogen-bond acceptors (Lipinski definition) is 1. The summed E-state index contributed by atoms with van der Waals surface area (Å²) in [6.07, 6.45) is 4.41. The summed E-state index contributed by atoms with van der Waals surface area (Å²) in [4.78, 5) is 0. The summed E-state index contributed by atoms with van der Waals surface area (Å²) in [5, 5.41) is 0. The van der Waals surface area contributed by atoms with Crippen LogP contribution in [-0.4, -0.2) is 12.8 Å². The summed E-state index contributed by atoms with van der Waals surface area (Å²) >= 11 is 0. The molecule has 0 aliphatic heterocycles. The number of alkyl halides is 3. The van der Waals surface area contributed by atoms with Crippen LogP contribution in [-0.2, 0) is 0 Å². The number of halogens is 5. The molecule has 1 atom stereocenters. The van der Waals surface area contributed by atoms with Gasteiger partial charge in [0, 0.05) is 5.56 Å². The van der Waals surface area contributed by atoms with Crippen molar-refractivity contribution in [1.82, 2.24) is 0 Å². The van der Waals surface area contributed by atoms with Gasteiger partial charge in [-0.15, -0.1) is 0 Å². The third-order valence-corrected chi connectivity index (χ3v) is 4.52. The zero-order valence-electron chi connectivity index (χ0n) is 14.3. The van der Waals surface area contributed by atoms with E-state index in [0.29, 0.717) is 17.9 Å². The van der Waals surface area contributed by atoms with Gasteiger partial charge in [0.1, 0.15) is 0 Å². The minimum absolute atomic E-state index is 0.115. The largest absolute Gasteiger partial charge is 0.481 e. The van der Waals surface area contributed by atoms with Crippen LogP contribution < -0.4 is 4.74 Å². The number of ether oxygens (including phenoxy) is 1. The fourth-order valence-corrected chi connectivity index (χ4v) is 3.13. The topological polar surface area (TPSA) is 9.23 Å². The van der Waals surface area contributed by atoms with Gasteiger partial charge in [-0.3, -0.25) is 0 Å².